The number of rotatable bonds is 2. The minimum Gasteiger partial charge on any atom is -0.357 e. The molecule has 2 rings (SSSR count). The van der Waals surface area contributed by atoms with Gasteiger partial charge in [-0.15, -0.1) is 0 Å². The van der Waals surface area contributed by atoms with Gasteiger partial charge in [0.2, 0.25) is 0 Å². The molecule has 2 N–H and O–H groups in total. The number of aromatic amines is 1. The zero-order chi connectivity index (χ0) is 12.3. The summed E-state index contributed by atoms with van der Waals surface area (Å²) in [5.74, 6) is -0.370. The van der Waals surface area contributed by atoms with Crippen molar-refractivity contribution in [2.24, 2.45) is 0 Å². The molecule has 86 valence electrons. The normalized spacial score (nSPS) is 9.94. The number of hydrogen-bond acceptors (Lipinski definition) is 2. The number of carbonyl (C=O) groups excluding carboxylic acids is 1. The maximum absolute atomic E-state index is 11.7. The Kier molecular flexibility index (Phi) is 3.25. The summed E-state index contributed by atoms with van der Waals surface area (Å²) in [5.41, 5.74) is 0.613. The second-order valence-corrected chi connectivity index (χ2v) is 3.84. The SMILES string of the molecule is O=C(Nc1ccc(Cl)cc1)c1cc(=O)cc[nH]1. The summed E-state index contributed by atoms with van der Waals surface area (Å²) in [5, 5.41) is 3.24. The number of aromatic nitrogens is 1. The Morgan fingerprint density at radius 3 is 2.53 bits per heavy atom. The number of H-pyrrole nitrogens is 1. The molecule has 4 nitrogen and oxygen atoms in total. The molecule has 0 aliphatic heterocycles. The van der Waals surface area contributed by atoms with Crippen molar-refractivity contribution in [3.63, 3.8) is 0 Å². The van der Waals surface area contributed by atoms with Crippen LogP contribution in [0.15, 0.2) is 47.4 Å². The highest BCUT2D eigenvalue weighted by Crippen LogP contribution is 2.13. The third kappa shape index (κ3) is 2.95. The fraction of sp³-hybridized carbons (Fsp3) is 0. The molecule has 1 amide bonds. The molecular formula is C12H9ClN2O2. The van der Waals surface area contributed by atoms with Gasteiger partial charge in [-0.05, 0) is 24.3 Å². The zero-order valence-electron chi connectivity index (χ0n) is 8.74. The summed E-state index contributed by atoms with van der Waals surface area (Å²) < 4.78 is 0. The van der Waals surface area contributed by atoms with Gasteiger partial charge in [0, 0.05) is 29.0 Å². The van der Waals surface area contributed by atoms with Crippen LogP contribution in [0.4, 0.5) is 5.69 Å². The molecule has 1 aromatic carbocycles. The molecule has 0 radical (unpaired) electrons. The topological polar surface area (TPSA) is 62.0 Å². The van der Waals surface area contributed by atoms with E-state index in [1.807, 2.05) is 0 Å². The lowest BCUT2D eigenvalue weighted by Gasteiger charge is -2.04. The summed E-state index contributed by atoms with van der Waals surface area (Å²) in [6.45, 7) is 0. The first-order chi connectivity index (χ1) is 8.15. The Hall–Kier alpha value is -2.07. The van der Waals surface area contributed by atoms with Gasteiger partial charge < -0.3 is 10.3 Å². The molecule has 0 aliphatic carbocycles. The molecule has 0 aliphatic rings. The molecule has 0 atom stereocenters. The van der Waals surface area contributed by atoms with Crippen LogP contribution in [0.2, 0.25) is 5.02 Å². The number of amides is 1. The summed E-state index contributed by atoms with van der Waals surface area (Å²) in [6.07, 6.45) is 1.43. The van der Waals surface area contributed by atoms with Crippen LogP contribution in [-0.2, 0) is 0 Å². The van der Waals surface area contributed by atoms with E-state index in [9.17, 15) is 9.59 Å². The highest BCUT2D eigenvalue weighted by atomic mass is 35.5. The van der Waals surface area contributed by atoms with Crippen molar-refractivity contribution in [2.45, 2.75) is 0 Å². The number of pyridine rings is 1. The highest BCUT2D eigenvalue weighted by molar-refractivity contribution is 6.30. The summed E-state index contributed by atoms with van der Waals surface area (Å²) in [7, 11) is 0. The van der Waals surface area contributed by atoms with Gasteiger partial charge in [-0.2, -0.15) is 0 Å². The van der Waals surface area contributed by atoms with Crippen molar-refractivity contribution in [2.75, 3.05) is 5.32 Å². The van der Waals surface area contributed by atoms with Crippen molar-refractivity contribution < 1.29 is 4.79 Å². The van der Waals surface area contributed by atoms with E-state index in [0.29, 0.717) is 10.7 Å². The standard InChI is InChI=1S/C12H9ClN2O2/c13-8-1-3-9(4-2-8)15-12(17)11-7-10(16)5-6-14-11/h1-7H,(H,14,16)(H,15,17). The van der Waals surface area contributed by atoms with Gasteiger partial charge in [-0.25, -0.2) is 0 Å². The zero-order valence-corrected chi connectivity index (χ0v) is 9.49. The lowest BCUT2D eigenvalue weighted by molar-refractivity contribution is 0.102. The Morgan fingerprint density at radius 1 is 1.18 bits per heavy atom. The van der Waals surface area contributed by atoms with Crippen LogP contribution in [0.1, 0.15) is 10.5 Å². The van der Waals surface area contributed by atoms with Crippen LogP contribution in [0, 0.1) is 0 Å². The van der Waals surface area contributed by atoms with Gasteiger partial charge in [0.05, 0.1) is 0 Å². The number of anilines is 1. The van der Waals surface area contributed by atoms with Gasteiger partial charge in [-0.3, -0.25) is 9.59 Å². The first-order valence-corrected chi connectivity index (χ1v) is 5.28. The van der Waals surface area contributed by atoms with Crippen LogP contribution >= 0.6 is 11.6 Å². The Balaban J connectivity index is 2.17. The monoisotopic (exact) mass is 248 g/mol. The third-order valence-corrected chi connectivity index (χ3v) is 2.37. The molecule has 0 spiro atoms. The average Bonchev–Trinajstić information content (AvgIpc) is 2.32. The number of carbonyl (C=O) groups is 1. The number of halogens is 1. The van der Waals surface area contributed by atoms with E-state index in [0.717, 1.165) is 0 Å². The van der Waals surface area contributed by atoms with Crippen molar-refractivity contribution in [1.29, 1.82) is 0 Å². The predicted octanol–water partition coefficient (Wildman–Crippen LogP) is 2.28. The number of hydrogen-bond donors (Lipinski definition) is 2. The van der Waals surface area contributed by atoms with Crippen molar-refractivity contribution in [1.82, 2.24) is 4.98 Å². The molecule has 1 heterocycles. The Morgan fingerprint density at radius 2 is 1.88 bits per heavy atom. The average molecular weight is 249 g/mol. The van der Waals surface area contributed by atoms with Crippen molar-refractivity contribution in [3.8, 4) is 0 Å². The fourth-order valence-corrected chi connectivity index (χ4v) is 1.43. The summed E-state index contributed by atoms with van der Waals surface area (Å²) in [4.78, 5) is 25.5. The van der Waals surface area contributed by atoms with Gasteiger partial charge in [0.15, 0.2) is 5.43 Å². The molecule has 5 heteroatoms. The largest absolute Gasteiger partial charge is 0.357 e. The molecular weight excluding hydrogens is 240 g/mol. The Labute approximate surface area is 102 Å². The maximum Gasteiger partial charge on any atom is 0.272 e. The van der Waals surface area contributed by atoms with E-state index >= 15 is 0 Å². The predicted molar refractivity (Wildman–Crippen MR) is 66.5 cm³/mol. The van der Waals surface area contributed by atoms with Crippen LogP contribution in [0.5, 0.6) is 0 Å². The number of benzene rings is 1. The first kappa shape index (κ1) is 11.4. The molecule has 0 bridgehead atoms. The van der Waals surface area contributed by atoms with E-state index in [2.05, 4.69) is 10.3 Å². The van der Waals surface area contributed by atoms with Crippen molar-refractivity contribution >= 4 is 23.2 Å². The first-order valence-electron chi connectivity index (χ1n) is 4.91. The molecule has 0 fully saturated rings. The smallest absolute Gasteiger partial charge is 0.272 e. The summed E-state index contributed by atoms with van der Waals surface area (Å²) in [6, 6.07) is 9.29. The molecule has 1 aromatic heterocycles. The van der Waals surface area contributed by atoms with Crippen molar-refractivity contribution in [3.05, 3.63) is 63.5 Å². The number of nitrogens with one attached hydrogen (secondary N) is 2. The van der Waals surface area contributed by atoms with Crippen LogP contribution < -0.4 is 10.7 Å². The third-order valence-electron chi connectivity index (χ3n) is 2.12. The van der Waals surface area contributed by atoms with Crippen LogP contribution in [-0.4, -0.2) is 10.9 Å². The minimum absolute atomic E-state index is 0.215. The van der Waals surface area contributed by atoms with E-state index in [1.54, 1.807) is 24.3 Å². The van der Waals surface area contributed by atoms with Gasteiger partial charge in [0.25, 0.3) is 5.91 Å². The molecule has 0 saturated heterocycles. The van der Waals surface area contributed by atoms with E-state index < -0.39 is 0 Å². The highest BCUT2D eigenvalue weighted by Gasteiger charge is 2.06. The van der Waals surface area contributed by atoms with Gasteiger partial charge in [-0.1, -0.05) is 11.6 Å². The quantitative estimate of drug-likeness (QED) is 0.857. The summed E-state index contributed by atoms with van der Waals surface area (Å²) >= 11 is 5.73. The Bertz CT molecular complexity index is 590. The molecule has 2 aromatic rings. The second kappa shape index (κ2) is 4.84. The van der Waals surface area contributed by atoms with E-state index in [-0.39, 0.29) is 17.0 Å². The molecule has 0 saturated carbocycles. The lowest BCUT2D eigenvalue weighted by Crippen LogP contribution is -2.15. The minimum atomic E-state index is -0.370. The van der Waals surface area contributed by atoms with Gasteiger partial charge >= 0.3 is 0 Å². The van der Waals surface area contributed by atoms with Crippen LogP contribution in [0.3, 0.4) is 0 Å². The lowest BCUT2D eigenvalue weighted by atomic mass is 10.3. The van der Waals surface area contributed by atoms with E-state index in [4.69, 9.17) is 11.6 Å². The van der Waals surface area contributed by atoms with Crippen LogP contribution in [0.25, 0.3) is 0 Å². The second-order valence-electron chi connectivity index (χ2n) is 3.40. The molecule has 17 heavy (non-hydrogen) atoms. The van der Waals surface area contributed by atoms with E-state index in [1.165, 1.54) is 18.3 Å². The maximum atomic E-state index is 11.7. The molecule has 0 unspecified atom stereocenters. The van der Waals surface area contributed by atoms with Gasteiger partial charge in [0.1, 0.15) is 5.69 Å². The fourth-order valence-electron chi connectivity index (χ4n) is 1.31.